The third kappa shape index (κ3) is 2.34. The van der Waals surface area contributed by atoms with Crippen molar-refractivity contribution in [2.45, 2.75) is 6.18 Å². The molecule has 0 N–H and O–H groups in total. The Balaban J connectivity index is 2.51. The molecule has 0 radical (unpaired) electrons. The van der Waals surface area contributed by atoms with Crippen LogP contribution in [0.5, 0.6) is 0 Å². The number of hydrogen-bond acceptors (Lipinski definition) is 0. The number of alkyl halides is 3. The van der Waals surface area contributed by atoms with Crippen LogP contribution < -0.4 is 0 Å². The van der Waals surface area contributed by atoms with Crippen molar-refractivity contribution < 1.29 is 22.0 Å². The van der Waals surface area contributed by atoms with Crippen molar-refractivity contribution in [2.75, 3.05) is 0 Å². The van der Waals surface area contributed by atoms with E-state index in [0.717, 1.165) is 12.1 Å². The molecule has 0 aromatic heterocycles. The number of benzene rings is 2. The fraction of sp³-hybridized carbons (Fsp3) is 0.0769. The van der Waals surface area contributed by atoms with Crippen molar-refractivity contribution in [3.05, 3.63) is 59.7 Å². The van der Waals surface area contributed by atoms with E-state index >= 15 is 0 Å². The van der Waals surface area contributed by atoms with Crippen molar-refractivity contribution >= 4 is 0 Å². The van der Waals surface area contributed by atoms with Crippen LogP contribution in [0.15, 0.2) is 42.5 Å². The van der Waals surface area contributed by atoms with Crippen molar-refractivity contribution in [3.8, 4) is 11.1 Å². The smallest absolute Gasteiger partial charge is 0.206 e. The van der Waals surface area contributed by atoms with Crippen molar-refractivity contribution in [3.63, 3.8) is 0 Å². The molecule has 0 fully saturated rings. The van der Waals surface area contributed by atoms with Gasteiger partial charge in [0.25, 0.3) is 0 Å². The molecule has 2 aromatic rings. The molecule has 0 saturated carbocycles. The summed E-state index contributed by atoms with van der Waals surface area (Å²) in [5.74, 6) is -2.03. The highest BCUT2D eigenvalue weighted by Crippen LogP contribution is 2.33. The highest BCUT2D eigenvalue weighted by atomic mass is 19.4. The minimum atomic E-state index is -4.75. The number of rotatable bonds is 1. The van der Waals surface area contributed by atoms with E-state index in [2.05, 4.69) is 0 Å². The quantitative estimate of drug-likeness (QED) is 0.653. The monoisotopic (exact) mass is 258 g/mol. The van der Waals surface area contributed by atoms with Gasteiger partial charge in [0, 0.05) is 5.56 Å². The predicted octanol–water partition coefficient (Wildman–Crippen LogP) is 4.65. The van der Waals surface area contributed by atoms with Crippen LogP contribution in [0.25, 0.3) is 11.1 Å². The van der Waals surface area contributed by atoms with Crippen LogP contribution in [0.3, 0.4) is 0 Å². The highest BCUT2D eigenvalue weighted by molar-refractivity contribution is 5.64. The van der Waals surface area contributed by atoms with Gasteiger partial charge in [-0.05, 0) is 23.8 Å². The number of halogens is 5. The first-order valence-electron chi connectivity index (χ1n) is 5.01. The molecular formula is C13H7F5. The van der Waals surface area contributed by atoms with Gasteiger partial charge in [0.15, 0.2) is 0 Å². The van der Waals surface area contributed by atoms with Crippen LogP contribution in [0.4, 0.5) is 22.0 Å². The second kappa shape index (κ2) is 4.40. The van der Waals surface area contributed by atoms with E-state index in [0.29, 0.717) is 12.1 Å². The zero-order valence-corrected chi connectivity index (χ0v) is 8.93. The van der Waals surface area contributed by atoms with Gasteiger partial charge in [-0.25, -0.2) is 8.78 Å². The van der Waals surface area contributed by atoms with E-state index in [1.54, 1.807) is 0 Å². The largest absolute Gasteiger partial charge is 0.419 e. The van der Waals surface area contributed by atoms with Crippen LogP contribution in [0.2, 0.25) is 0 Å². The fourth-order valence-corrected chi connectivity index (χ4v) is 1.61. The highest BCUT2D eigenvalue weighted by Gasteiger charge is 2.33. The maximum Gasteiger partial charge on any atom is 0.419 e. The molecule has 0 bridgehead atoms. The zero-order chi connectivity index (χ0) is 13.3. The summed E-state index contributed by atoms with van der Waals surface area (Å²) in [4.78, 5) is 0. The lowest BCUT2D eigenvalue weighted by Gasteiger charge is -2.09. The van der Waals surface area contributed by atoms with Crippen LogP contribution in [0.1, 0.15) is 5.56 Å². The van der Waals surface area contributed by atoms with Gasteiger partial charge in [-0.1, -0.05) is 24.3 Å². The van der Waals surface area contributed by atoms with Gasteiger partial charge in [-0.2, -0.15) is 13.2 Å². The summed E-state index contributed by atoms with van der Waals surface area (Å²) < 4.78 is 63.8. The van der Waals surface area contributed by atoms with Gasteiger partial charge in [0.05, 0.1) is 5.56 Å². The van der Waals surface area contributed by atoms with E-state index in [1.807, 2.05) is 0 Å². The summed E-state index contributed by atoms with van der Waals surface area (Å²) in [5, 5.41) is 0. The Bertz CT molecular complexity index is 572. The molecule has 2 aromatic carbocycles. The molecule has 0 aliphatic rings. The molecule has 0 heterocycles. The van der Waals surface area contributed by atoms with Crippen molar-refractivity contribution in [1.29, 1.82) is 0 Å². The lowest BCUT2D eigenvalue weighted by Crippen LogP contribution is -2.07. The lowest BCUT2D eigenvalue weighted by molar-refractivity contribution is -0.139. The molecule has 0 aliphatic heterocycles. The zero-order valence-electron chi connectivity index (χ0n) is 8.93. The topological polar surface area (TPSA) is 0 Å². The summed E-state index contributed by atoms with van der Waals surface area (Å²) in [6, 6.07) is 7.83. The molecule has 2 rings (SSSR count). The SMILES string of the molecule is Fc1ccccc1-c1ccc(C(F)(F)F)c(F)c1. The molecule has 0 saturated heterocycles. The summed E-state index contributed by atoms with van der Waals surface area (Å²) >= 11 is 0. The summed E-state index contributed by atoms with van der Waals surface area (Å²) in [6.45, 7) is 0. The van der Waals surface area contributed by atoms with E-state index in [1.165, 1.54) is 18.2 Å². The predicted molar refractivity (Wildman–Crippen MR) is 56.8 cm³/mol. The molecule has 18 heavy (non-hydrogen) atoms. The van der Waals surface area contributed by atoms with E-state index in [-0.39, 0.29) is 11.1 Å². The Morgan fingerprint density at radius 1 is 0.778 bits per heavy atom. The Kier molecular flexibility index (Phi) is 3.07. The van der Waals surface area contributed by atoms with Gasteiger partial charge in [-0.3, -0.25) is 0 Å². The van der Waals surface area contributed by atoms with Crippen LogP contribution in [-0.2, 0) is 6.18 Å². The average Bonchev–Trinajstić information content (AvgIpc) is 2.27. The van der Waals surface area contributed by atoms with E-state index in [9.17, 15) is 22.0 Å². The first-order valence-corrected chi connectivity index (χ1v) is 5.01. The fourth-order valence-electron chi connectivity index (χ4n) is 1.61. The van der Waals surface area contributed by atoms with E-state index in [4.69, 9.17) is 0 Å². The standard InChI is InChI=1S/C13H7F5/c14-11-4-2-1-3-9(11)8-5-6-10(12(15)7-8)13(16,17)18/h1-7H. The molecule has 0 spiro atoms. The van der Waals surface area contributed by atoms with Crippen LogP contribution in [0, 0.1) is 11.6 Å². The number of hydrogen-bond donors (Lipinski definition) is 0. The van der Waals surface area contributed by atoms with Gasteiger partial charge in [0.2, 0.25) is 0 Å². The van der Waals surface area contributed by atoms with Crippen molar-refractivity contribution in [2.24, 2.45) is 0 Å². The molecule has 0 nitrogen and oxygen atoms in total. The summed E-state index contributed by atoms with van der Waals surface area (Å²) in [7, 11) is 0. The Labute approximate surface area is 99.7 Å². The van der Waals surface area contributed by atoms with Crippen LogP contribution in [-0.4, -0.2) is 0 Å². The van der Waals surface area contributed by atoms with Gasteiger partial charge in [0.1, 0.15) is 11.6 Å². The first-order chi connectivity index (χ1) is 8.39. The molecule has 94 valence electrons. The maximum atomic E-state index is 13.4. The van der Waals surface area contributed by atoms with Crippen LogP contribution >= 0.6 is 0 Å². The second-order valence-corrected chi connectivity index (χ2v) is 3.67. The van der Waals surface area contributed by atoms with E-state index < -0.39 is 23.4 Å². The Hall–Kier alpha value is -1.91. The molecular weight excluding hydrogens is 251 g/mol. The van der Waals surface area contributed by atoms with Crippen molar-refractivity contribution in [1.82, 2.24) is 0 Å². The third-order valence-electron chi connectivity index (χ3n) is 2.46. The molecule has 0 unspecified atom stereocenters. The van der Waals surface area contributed by atoms with Gasteiger partial charge >= 0.3 is 6.18 Å². The Morgan fingerprint density at radius 2 is 1.44 bits per heavy atom. The molecule has 0 amide bonds. The normalized spacial score (nSPS) is 11.6. The first kappa shape index (κ1) is 12.5. The molecule has 5 heteroatoms. The molecule has 0 atom stereocenters. The minimum Gasteiger partial charge on any atom is -0.206 e. The second-order valence-electron chi connectivity index (χ2n) is 3.67. The Morgan fingerprint density at radius 3 is 2.00 bits per heavy atom. The molecule has 0 aliphatic carbocycles. The third-order valence-corrected chi connectivity index (χ3v) is 2.46. The lowest BCUT2D eigenvalue weighted by atomic mass is 10.0. The van der Waals surface area contributed by atoms with Gasteiger partial charge in [-0.15, -0.1) is 0 Å². The minimum absolute atomic E-state index is 0.0603. The summed E-state index contributed by atoms with van der Waals surface area (Å²) in [5.41, 5.74) is -1.23. The average molecular weight is 258 g/mol. The maximum absolute atomic E-state index is 13.4. The summed E-state index contributed by atoms with van der Waals surface area (Å²) in [6.07, 6.45) is -4.75. The van der Waals surface area contributed by atoms with Gasteiger partial charge < -0.3 is 0 Å².